The lowest BCUT2D eigenvalue weighted by atomic mass is 9.97. The quantitative estimate of drug-likeness (QED) is 0.885. The van der Waals surface area contributed by atoms with E-state index in [-0.39, 0.29) is 0 Å². The highest BCUT2D eigenvalue weighted by Gasteiger charge is 2.19. The first-order chi connectivity index (χ1) is 9.19. The fourth-order valence-electron chi connectivity index (χ4n) is 2.57. The van der Waals surface area contributed by atoms with Crippen molar-refractivity contribution < 1.29 is 4.74 Å². The molecule has 0 spiro atoms. The number of halogens is 2. The number of rotatable bonds is 5. The van der Waals surface area contributed by atoms with Crippen molar-refractivity contribution in [1.82, 2.24) is 5.32 Å². The van der Waals surface area contributed by atoms with Crippen molar-refractivity contribution in [3.63, 3.8) is 0 Å². The zero-order valence-electron chi connectivity index (χ0n) is 11.3. The van der Waals surface area contributed by atoms with Crippen molar-refractivity contribution in [2.45, 2.75) is 44.2 Å². The van der Waals surface area contributed by atoms with Crippen LogP contribution in [0.25, 0.3) is 0 Å². The van der Waals surface area contributed by atoms with Gasteiger partial charge in [0.1, 0.15) is 0 Å². The van der Waals surface area contributed by atoms with E-state index in [1.807, 2.05) is 25.2 Å². The molecule has 1 N–H and O–H groups in total. The third kappa shape index (κ3) is 4.64. The maximum atomic E-state index is 6.06. The van der Waals surface area contributed by atoms with Gasteiger partial charge in [0.2, 0.25) is 0 Å². The van der Waals surface area contributed by atoms with E-state index in [1.54, 1.807) is 0 Å². The maximum absolute atomic E-state index is 6.06. The summed E-state index contributed by atoms with van der Waals surface area (Å²) in [5.41, 5.74) is 1.21. The van der Waals surface area contributed by atoms with Gasteiger partial charge in [-0.05, 0) is 56.8 Å². The van der Waals surface area contributed by atoms with E-state index < -0.39 is 0 Å². The fraction of sp³-hybridized carbons (Fsp3) is 0.600. The van der Waals surface area contributed by atoms with Crippen LogP contribution in [0.4, 0.5) is 0 Å². The molecule has 1 fully saturated rings. The van der Waals surface area contributed by atoms with Crippen LogP contribution >= 0.6 is 23.2 Å². The average Bonchev–Trinajstić information content (AvgIpc) is 2.43. The molecule has 0 aliphatic carbocycles. The van der Waals surface area contributed by atoms with Gasteiger partial charge in [0.05, 0.1) is 16.1 Å². The average molecular weight is 302 g/mol. The summed E-state index contributed by atoms with van der Waals surface area (Å²) in [5.74, 6) is 0. The van der Waals surface area contributed by atoms with Gasteiger partial charge in [0.25, 0.3) is 0 Å². The molecule has 2 atom stereocenters. The smallest absolute Gasteiger partial charge is 0.0595 e. The predicted molar refractivity (Wildman–Crippen MR) is 81.2 cm³/mol. The Labute approximate surface area is 125 Å². The molecule has 1 aromatic rings. The third-order valence-electron chi connectivity index (χ3n) is 3.70. The summed E-state index contributed by atoms with van der Waals surface area (Å²) in [6.07, 6.45) is 6.07. The summed E-state index contributed by atoms with van der Waals surface area (Å²) < 4.78 is 5.80. The largest absolute Gasteiger partial charge is 0.378 e. The van der Waals surface area contributed by atoms with Gasteiger partial charge in [-0.15, -0.1) is 0 Å². The van der Waals surface area contributed by atoms with Gasteiger partial charge in [-0.2, -0.15) is 0 Å². The minimum absolute atomic E-state index is 0.397. The third-order valence-corrected chi connectivity index (χ3v) is 4.43. The van der Waals surface area contributed by atoms with Gasteiger partial charge in [-0.3, -0.25) is 0 Å². The summed E-state index contributed by atoms with van der Waals surface area (Å²) in [7, 11) is 2.00. The van der Waals surface area contributed by atoms with Crippen LogP contribution in [-0.4, -0.2) is 25.8 Å². The summed E-state index contributed by atoms with van der Waals surface area (Å²) in [4.78, 5) is 0. The highest BCUT2D eigenvalue weighted by Crippen LogP contribution is 2.24. The van der Waals surface area contributed by atoms with Crippen molar-refractivity contribution in [2.75, 3.05) is 13.7 Å². The first kappa shape index (κ1) is 15.1. The van der Waals surface area contributed by atoms with Crippen LogP contribution in [-0.2, 0) is 11.2 Å². The van der Waals surface area contributed by atoms with Crippen LogP contribution in [0.5, 0.6) is 0 Å². The Morgan fingerprint density at radius 3 is 2.79 bits per heavy atom. The van der Waals surface area contributed by atoms with E-state index >= 15 is 0 Å². The molecule has 1 heterocycles. The molecule has 2 unspecified atom stereocenters. The molecule has 19 heavy (non-hydrogen) atoms. The molecule has 0 amide bonds. The topological polar surface area (TPSA) is 21.3 Å². The summed E-state index contributed by atoms with van der Waals surface area (Å²) >= 11 is 12.0. The van der Waals surface area contributed by atoms with E-state index in [2.05, 4.69) is 5.32 Å². The van der Waals surface area contributed by atoms with Gasteiger partial charge >= 0.3 is 0 Å². The molecule has 1 aliphatic rings. The van der Waals surface area contributed by atoms with Crippen LogP contribution in [0.2, 0.25) is 10.0 Å². The second-order valence-electron chi connectivity index (χ2n) is 5.16. The van der Waals surface area contributed by atoms with Gasteiger partial charge in [-0.1, -0.05) is 29.3 Å². The van der Waals surface area contributed by atoms with Crippen LogP contribution < -0.4 is 5.32 Å². The molecular formula is C15H21Cl2NO. The summed E-state index contributed by atoms with van der Waals surface area (Å²) in [5, 5.41) is 4.62. The van der Waals surface area contributed by atoms with E-state index in [4.69, 9.17) is 27.9 Å². The standard InChI is InChI=1S/C15H21Cl2NO/c1-18-12(10-13-4-2-3-7-19-13)8-11-5-6-14(16)15(17)9-11/h5-6,9,12-13,18H,2-4,7-8,10H2,1H3. The molecule has 4 heteroatoms. The van der Waals surface area contributed by atoms with Crippen molar-refractivity contribution in [2.24, 2.45) is 0 Å². The predicted octanol–water partition coefficient (Wildman–Crippen LogP) is 4.08. The molecule has 0 saturated carbocycles. The van der Waals surface area contributed by atoms with E-state index in [0.717, 1.165) is 19.4 Å². The summed E-state index contributed by atoms with van der Waals surface area (Å²) in [6, 6.07) is 6.28. The Kier molecular flexibility index (Phi) is 5.96. The van der Waals surface area contributed by atoms with Gasteiger partial charge in [0, 0.05) is 12.6 Å². The number of benzene rings is 1. The number of hydrogen-bond acceptors (Lipinski definition) is 2. The Morgan fingerprint density at radius 1 is 1.32 bits per heavy atom. The van der Waals surface area contributed by atoms with Crippen molar-refractivity contribution in [3.8, 4) is 0 Å². The Morgan fingerprint density at radius 2 is 2.16 bits per heavy atom. The molecular weight excluding hydrogens is 281 g/mol. The highest BCUT2D eigenvalue weighted by atomic mass is 35.5. The fourth-order valence-corrected chi connectivity index (χ4v) is 2.89. The minimum Gasteiger partial charge on any atom is -0.378 e. The van der Waals surface area contributed by atoms with Gasteiger partial charge < -0.3 is 10.1 Å². The van der Waals surface area contributed by atoms with Crippen LogP contribution in [0.1, 0.15) is 31.2 Å². The first-order valence-electron chi connectivity index (χ1n) is 6.92. The van der Waals surface area contributed by atoms with Crippen molar-refractivity contribution in [1.29, 1.82) is 0 Å². The second-order valence-corrected chi connectivity index (χ2v) is 5.98. The Hall–Kier alpha value is -0.280. The van der Waals surface area contributed by atoms with Crippen LogP contribution in [0.15, 0.2) is 18.2 Å². The maximum Gasteiger partial charge on any atom is 0.0595 e. The normalized spacial score (nSPS) is 21.3. The number of ether oxygens (including phenoxy) is 1. The number of hydrogen-bond donors (Lipinski definition) is 1. The molecule has 2 rings (SSSR count). The first-order valence-corrected chi connectivity index (χ1v) is 7.67. The van der Waals surface area contributed by atoms with Gasteiger partial charge in [0.15, 0.2) is 0 Å². The lowest BCUT2D eigenvalue weighted by Gasteiger charge is -2.27. The monoisotopic (exact) mass is 301 g/mol. The Bertz CT molecular complexity index is 405. The molecule has 0 bridgehead atoms. The van der Waals surface area contributed by atoms with Crippen molar-refractivity contribution in [3.05, 3.63) is 33.8 Å². The molecule has 0 aromatic heterocycles. The zero-order chi connectivity index (χ0) is 13.7. The lowest BCUT2D eigenvalue weighted by Crippen LogP contribution is -2.34. The molecule has 1 saturated heterocycles. The molecule has 0 radical (unpaired) electrons. The molecule has 106 valence electrons. The van der Waals surface area contributed by atoms with E-state index in [1.165, 1.54) is 24.8 Å². The second kappa shape index (κ2) is 7.49. The van der Waals surface area contributed by atoms with Gasteiger partial charge in [-0.25, -0.2) is 0 Å². The molecule has 1 aromatic carbocycles. The number of nitrogens with one attached hydrogen (secondary N) is 1. The molecule has 1 aliphatic heterocycles. The van der Waals surface area contributed by atoms with E-state index in [9.17, 15) is 0 Å². The SMILES string of the molecule is CNC(Cc1ccc(Cl)c(Cl)c1)CC1CCCCO1. The van der Waals surface area contributed by atoms with Crippen LogP contribution in [0.3, 0.4) is 0 Å². The number of likely N-dealkylation sites (N-methyl/N-ethyl adjacent to an activating group) is 1. The Balaban J connectivity index is 1.92. The summed E-state index contributed by atoms with van der Waals surface area (Å²) in [6.45, 7) is 0.911. The van der Waals surface area contributed by atoms with Crippen molar-refractivity contribution >= 4 is 23.2 Å². The zero-order valence-corrected chi connectivity index (χ0v) is 12.8. The lowest BCUT2D eigenvalue weighted by molar-refractivity contribution is 0.00569. The van der Waals surface area contributed by atoms with Crippen LogP contribution in [0, 0.1) is 0 Å². The van der Waals surface area contributed by atoms with E-state index in [0.29, 0.717) is 22.2 Å². The minimum atomic E-state index is 0.397. The molecule has 2 nitrogen and oxygen atoms in total. The highest BCUT2D eigenvalue weighted by molar-refractivity contribution is 6.42.